The van der Waals surface area contributed by atoms with Crippen molar-refractivity contribution in [2.24, 2.45) is 0 Å². The fraction of sp³-hybridized carbons (Fsp3) is 0.500. The smallest absolute Gasteiger partial charge is 0.145 e. The van der Waals surface area contributed by atoms with Crippen LogP contribution >= 0.6 is 0 Å². The molecule has 62 valence electrons. The normalized spacial score (nSPS) is 10.6. The van der Waals surface area contributed by atoms with Gasteiger partial charge in [0.2, 0.25) is 0 Å². The van der Waals surface area contributed by atoms with E-state index in [1.165, 1.54) is 0 Å². The van der Waals surface area contributed by atoms with Crippen molar-refractivity contribution in [1.29, 1.82) is 0 Å². The highest BCUT2D eigenvalue weighted by Gasteiger charge is 1.96. The summed E-state index contributed by atoms with van der Waals surface area (Å²) in [4.78, 5) is 0. The molecule has 2 nitrogen and oxygen atoms in total. The van der Waals surface area contributed by atoms with Crippen LogP contribution in [0.4, 0.5) is 0 Å². The maximum absolute atomic E-state index is 5.39. The first-order chi connectivity index (χ1) is 5.33. The summed E-state index contributed by atoms with van der Waals surface area (Å²) in [6.45, 7) is 2.83. The Kier molecular flexibility index (Phi) is 3.39. The minimum absolute atomic E-state index is 0.840. The fourth-order valence-corrected chi connectivity index (χ4v) is 1.30. The molecule has 0 aliphatic rings. The monoisotopic (exact) mass is 170 g/mol. The zero-order valence-electron chi connectivity index (χ0n) is 7.09. The molecule has 1 aromatic heterocycles. The molecule has 0 fully saturated rings. The van der Waals surface area contributed by atoms with Gasteiger partial charge >= 0.3 is 0 Å². The molecule has 0 bridgehead atoms. The summed E-state index contributed by atoms with van der Waals surface area (Å²) in [7, 11) is 0.840. The van der Waals surface area contributed by atoms with Gasteiger partial charge in [0.25, 0.3) is 0 Å². The third kappa shape index (κ3) is 2.90. The van der Waals surface area contributed by atoms with E-state index in [0.717, 1.165) is 41.5 Å². The lowest BCUT2D eigenvalue weighted by atomic mass is 10.3. The van der Waals surface area contributed by atoms with Gasteiger partial charge in [-0.2, -0.15) is 0 Å². The zero-order chi connectivity index (χ0) is 8.10. The van der Waals surface area contributed by atoms with Crippen LogP contribution < -0.4 is 0 Å². The molecule has 3 heteroatoms. The Morgan fingerprint density at radius 1 is 1.55 bits per heavy atom. The van der Waals surface area contributed by atoms with Crippen LogP contribution in [0.5, 0.6) is 0 Å². The number of aryl methyl sites for hydroxylation is 2. The summed E-state index contributed by atoms with van der Waals surface area (Å²) in [5.74, 6) is 2.06. The number of hydrogen-bond donors (Lipinski definition) is 0. The van der Waals surface area contributed by atoms with E-state index in [1.807, 2.05) is 19.1 Å². The molecule has 1 heterocycles. The quantitative estimate of drug-likeness (QED) is 0.493. The number of rotatable bonds is 4. The maximum atomic E-state index is 5.39. The molecule has 0 saturated heterocycles. The van der Waals surface area contributed by atoms with Crippen LogP contribution in [-0.2, 0) is 10.8 Å². The minimum atomic E-state index is 0.840. The predicted molar refractivity (Wildman–Crippen MR) is 47.7 cm³/mol. The van der Waals surface area contributed by atoms with Crippen LogP contribution in [-0.4, -0.2) is 17.1 Å². The average molecular weight is 170 g/mol. The average Bonchev–Trinajstić information content (AvgIpc) is 2.37. The SMILES string of the molecule is Cc1ccc(CCCO[SiH3])o1. The van der Waals surface area contributed by atoms with Gasteiger partial charge in [0.05, 0.1) is 0 Å². The van der Waals surface area contributed by atoms with Crippen molar-refractivity contribution in [3.05, 3.63) is 23.7 Å². The summed E-state index contributed by atoms with van der Waals surface area (Å²) < 4.78 is 10.5. The van der Waals surface area contributed by atoms with Crippen molar-refractivity contribution >= 4 is 10.5 Å². The molecule has 0 spiro atoms. The number of hydrogen-bond acceptors (Lipinski definition) is 2. The van der Waals surface area contributed by atoms with E-state index in [1.54, 1.807) is 0 Å². The molecular weight excluding hydrogens is 156 g/mol. The largest absolute Gasteiger partial charge is 0.466 e. The van der Waals surface area contributed by atoms with Crippen molar-refractivity contribution in [3.8, 4) is 0 Å². The van der Waals surface area contributed by atoms with E-state index < -0.39 is 0 Å². The molecule has 0 saturated carbocycles. The standard InChI is InChI=1S/C8H14O2Si/c1-7-4-5-8(10-7)3-2-6-9-11/h4-5H,2-3,6H2,1,11H3. The summed E-state index contributed by atoms with van der Waals surface area (Å²) in [6.07, 6.45) is 2.06. The molecule has 0 N–H and O–H groups in total. The molecule has 1 aromatic rings. The van der Waals surface area contributed by atoms with E-state index in [-0.39, 0.29) is 0 Å². The second kappa shape index (κ2) is 4.36. The molecular formula is C8H14O2Si. The Hall–Kier alpha value is -0.543. The van der Waals surface area contributed by atoms with Crippen LogP contribution in [0, 0.1) is 6.92 Å². The van der Waals surface area contributed by atoms with Crippen LogP contribution in [0.3, 0.4) is 0 Å². The van der Waals surface area contributed by atoms with E-state index >= 15 is 0 Å². The Morgan fingerprint density at radius 2 is 2.36 bits per heavy atom. The Balaban J connectivity index is 2.27. The molecule has 0 aliphatic carbocycles. The Morgan fingerprint density at radius 3 is 2.91 bits per heavy atom. The lowest BCUT2D eigenvalue weighted by Crippen LogP contribution is -1.91. The molecule has 1 rings (SSSR count). The molecule has 0 amide bonds. The van der Waals surface area contributed by atoms with Crippen molar-refractivity contribution in [2.75, 3.05) is 6.61 Å². The van der Waals surface area contributed by atoms with Crippen LogP contribution in [0.2, 0.25) is 0 Å². The van der Waals surface area contributed by atoms with E-state index in [4.69, 9.17) is 8.84 Å². The highest BCUT2D eigenvalue weighted by atomic mass is 28.2. The van der Waals surface area contributed by atoms with E-state index in [0.29, 0.717) is 0 Å². The predicted octanol–water partition coefficient (Wildman–Crippen LogP) is 0.818. The van der Waals surface area contributed by atoms with Gasteiger partial charge in [-0.25, -0.2) is 0 Å². The van der Waals surface area contributed by atoms with E-state index in [2.05, 4.69) is 0 Å². The topological polar surface area (TPSA) is 22.4 Å². The van der Waals surface area contributed by atoms with Crippen molar-refractivity contribution in [3.63, 3.8) is 0 Å². The minimum Gasteiger partial charge on any atom is -0.466 e. The molecule has 0 atom stereocenters. The number of furan rings is 1. The maximum Gasteiger partial charge on any atom is 0.145 e. The molecule has 0 unspecified atom stereocenters. The van der Waals surface area contributed by atoms with Gasteiger partial charge in [0.15, 0.2) is 0 Å². The highest BCUT2D eigenvalue weighted by Crippen LogP contribution is 2.08. The molecule has 0 aromatic carbocycles. The lowest BCUT2D eigenvalue weighted by Gasteiger charge is -1.95. The zero-order valence-corrected chi connectivity index (χ0v) is 9.09. The molecule has 11 heavy (non-hydrogen) atoms. The summed E-state index contributed by atoms with van der Waals surface area (Å²) >= 11 is 0. The Labute approximate surface area is 70.1 Å². The van der Waals surface area contributed by atoms with Gasteiger partial charge in [-0.1, -0.05) is 0 Å². The van der Waals surface area contributed by atoms with Crippen molar-refractivity contribution in [1.82, 2.24) is 0 Å². The van der Waals surface area contributed by atoms with Crippen LogP contribution in [0.15, 0.2) is 16.5 Å². The van der Waals surface area contributed by atoms with Crippen LogP contribution in [0.25, 0.3) is 0 Å². The summed E-state index contributed by atoms with van der Waals surface area (Å²) in [5.41, 5.74) is 0. The Bertz CT molecular complexity index is 208. The molecule has 0 radical (unpaired) electrons. The summed E-state index contributed by atoms with van der Waals surface area (Å²) in [6, 6.07) is 4.03. The third-order valence-corrected chi connectivity index (χ3v) is 1.98. The van der Waals surface area contributed by atoms with Gasteiger partial charge in [0.1, 0.15) is 22.0 Å². The second-order valence-electron chi connectivity index (χ2n) is 2.61. The van der Waals surface area contributed by atoms with Crippen molar-refractivity contribution < 1.29 is 8.84 Å². The first-order valence-electron chi connectivity index (χ1n) is 3.87. The van der Waals surface area contributed by atoms with Gasteiger partial charge < -0.3 is 8.84 Å². The third-order valence-electron chi connectivity index (χ3n) is 1.57. The van der Waals surface area contributed by atoms with Gasteiger partial charge in [-0.15, -0.1) is 0 Å². The van der Waals surface area contributed by atoms with E-state index in [9.17, 15) is 0 Å². The van der Waals surface area contributed by atoms with Gasteiger partial charge in [-0.05, 0) is 25.5 Å². The first-order valence-corrected chi connectivity index (χ1v) is 4.69. The molecule has 0 aliphatic heterocycles. The van der Waals surface area contributed by atoms with Gasteiger partial charge in [-0.3, -0.25) is 0 Å². The first kappa shape index (κ1) is 8.55. The lowest BCUT2D eigenvalue weighted by molar-refractivity contribution is 0.333. The fourth-order valence-electron chi connectivity index (χ4n) is 1.01. The second-order valence-corrected chi connectivity index (χ2v) is 3.19. The van der Waals surface area contributed by atoms with Gasteiger partial charge in [0, 0.05) is 13.0 Å². The summed E-state index contributed by atoms with van der Waals surface area (Å²) in [5, 5.41) is 0. The highest BCUT2D eigenvalue weighted by molar-refractivity contribution is 5.97. The van der Waals surface area contributed by atoms with Crippen molar-refractivity contribution in [2.45, 2.75) is 19.8 Å². The van der Waals surface area contributed by atoms with Crippen LogP contribution in [0.1, 0.15) is 17.9 Å².